The summed E-state index contributed by atoms with van der Waals surface area (Å²) in [4.78, 5) is 0. The summed E-state index contributed by atoms with van der Waals surface area (Å²) in [6.45, 7) is 7.28. The van der Waals surface area contributed by atoms with Crippen LogP contribution in [0, 0.1) is 11.8 Å². The van der Waals surface area contributed by atoms with Crippen LogP contribution in [-0.2, 0) is 0 Å². The second kappa shape index (κ2) is 7.26. The van der Waals surface area contributed by atoms with Crippen molar-refractivity contribution < 1.29 is 0 Å². The number of hydrogen-bond acceptors (Lipinski definition) is 1. The van der Waals surface area contributed by atoms with Gasteiger partial charge >= 0.3 is 0 Å². The molecule has 0 aliphatic heterocycles. The summed E-state index contributed by atoms with van der Waals surface area (Å²) in [5, 5.41) is 3.15. The van der Waals surface area contributed by atoms with E-state index in [0.717, 1.165) is 19.5 Å². The van der Waals surface area contributed by atoms with E-state index in [-0.39, 0.29) is 0 Å². The van der Waals surface area contributed by atoms with E-state index in [1.165, 1.54) is 0 Å². The monoisotopic (exact) mass is 123 g/mol. The molecular formula is C8H13N. The molecule has 1 N–H and O–H groups in total. The predicted molar refractivity (Wildman–Crippen MR) is 41.1 cm³/mol. The van der Waals surface area contributed by atoms with Gasteiger partial charge in [0, 0.05) is 19.5 Å². The summed E-state index contributed by atoms with van der Waals surface area (Å²) in [7, 11) is 0. The Labute approximate surface area is 57.2 Å². The quantitative estimate of drug-likeness (QED) is 0.336. The third kappa shape index (κ3) is 7.26. The van der Waals surface area contributed by atoms with Crippen molar-refractivity contribution in [3.05, 3.63) is 12.7 Å². The Kier molecular flexibility index (Phi) is 6.66. The molecule has 0 aromatic carbocycles. The highest BCUT2D eigenvalue weighted by Gasteiger charge is 1.76. The summed E-state index contributed by atoms with van der Waals surface area (Å²) < 4.78 is 0. The van der Waals surface area contributed by atoms with Crippen molar-refractivity contribution in [1.29, 1.82) is 0 Å². The molecule has 0 amide bonds. The minimum atomic E-state index is 0.880. The second-order valence-electron chi connectivity index (χ2n) is 1.67. The summed E-state index contributed by atoms with van der Waals surface area (Å²) in [5.74, 6) is 5.79. The minimum absolute atomic E-state index is 0.880. The lowest BCUT2D eigenvalue weighted by atomic mass is 10.4. The van der Waals surface area contributed by atoms with Crippen LogP contribution in [0.3, 0.4) is 0 Å². The highest BCUT2D eigenvalue weighted by atomic mass is 14.8. The maximum absolute atomic E-state index is 3.58. The Hall–Kier alpha value is -0.740. The standard InChI is InChI=1S/C8H13N/c1-3-5-6-8-9-7-4-2/h4,9H,2,6-8H2,1H3. The van der Waals surface area contributed by atoms with Crippen molar-refractivity contribution in [3.8, 4) is 11.8 Å². The summed E-state index contributed by atoms with van der Waals surface area (Å²) in [6.07, 6.45) is 2.78. The summed E-state index contributed by atoms with van der Waals surface area (Å²) in [6, 6.07) is 0. The van der Waals surface area contributed by atoms with Gasteiger partial charge in [0.25, 0.3) is 0 Å². The van der Waals surface area contributed by atoms with E-state index in [4.69, 9.17) is 0 Å². The molecule has 0 aromatic rings. The molecule has 1 nitrogen and oxygen atoms in total. The molecule has 0 rings (SSSR count). The van der Waals surface area contributed by atoms with Gasteiger partial charge in [0.2, 0.25) is 0 Å². The summed E-state index contributed by atoms with van der Waals surface area (Å²) >= 11 is 0. The smallest absolute Gasteiger partial charge is 0.0214 e. The van der Waals surface area contributed by atoms with Gasteiger partial charge in [-0.15, -0.1) is 18.4 Å². The SMILES string of the molecule is C=CCNCCC#CC. The lowest BCUT2D eigenvalue weighted by Gasteiger charge is -1.93. The van der Waals surface area contributed by atoms with Crippen molar-refractivity contribution in [2.45, 2.75) is 13.3 Å². The highest BCUT2D eigenvalue weighted by molar-refractivity contribution is 4.95. The van der Waals surface area contributed by atoms with Gasteiger partial charge < -0.3 is 5.32 Å². The first-order valence-electron chi connectivity index (χ1n) is 3.13. The van der Waals surface area contributed by atoms with Crippen LogP contribution in [0.25, 0.3) is 0 Å². The zero-order chi connectivity index (χ0) is 6.95. The van der Waals surface area contributed by atoms with Gasteiger partial charge in [-0.3, -0.25) is 0 Å². The molecule has 0 unspecified atom stereocenters. The van der Waals surface area contributed by atoms with Crippen molar-refractivity contribution in [3.63, 3.8) is 0 Å². The summed E-state index contributed by atoms with van der Waals surface area (Å²) in [5.41, 5.74) is 0. The Balaban J connectivity index is 2.88. The maximum atomic E-state index is 3.58. The van der Waals surface area contributed by atoms with Gasteiger partial charge in [0.15, 0.2) is 0 Å². The molecule has 0 atom stereocenters. The third-order valence-corrected chi connectivity index (χ3v) is 0.892. The lowest BCUT2D eigenvalue weighted by molar-refractivity contribution is 0.765. The molecule has 9 heavy (non-hydrogen) atoms. The second-order valence-corrected chi connectivity index (χ2v) is 1.67. The predicted octanol–water partition coefficient (Wildman–Crippen LogP) is 1.18. The number of rotatable bonds is 4. The molecule has 0 fully saturated rings. The van der Waals surface area contributed by atoms with Crippen molar-refractivity contribution >= 4 is 0 Å². The molecule has 0 radical (unpaired) electrons. The van der Waals surface area contributed by atoms with Gasteiger partial charge in [0.05, 0.1) is 0 Å². The first-order valence-corrected chi connectivity index (χ1v) is 3.13. The van der Waals surface area contributed by atoms with Crippen molar-refractivity contribution in [2.24, 2.45) is 0 Å². The fourth-order valence-electron chi connectivity index (χ4n) is 0.480. The van der Waals surface area contributed by atoms with Crippen LogP contribution in [0.2, 0.25) is 0 Å². The molecule has 0 aromatic heterocycles. The van der Waals surface area contributed by atoms with E-state index in [1.54, 1.807) is 0 Å². The third-order valence-electron chi connectivity index (χ3n) is 0.892. The van der Waals surface area contributed by atoms with E-state index in [9.17, 15) is 0 Å². The van der Waals surface area contributed by atoms with Gasteiger partial charge in [-0.2, -0.15) is 0 Å². The topological polar surface area (TPSA) is 12.0 Å². The average molecular weight is 123 g/mol. The van der Waals surface area contributed by atoms with Crippen molar-refractivity contribution in [1.82, 2.24) is 5.32 Å². The largest absolute Gasteiger partial charge is 0.312 e. The Morgan fingerprint density at radius 3 is 3.00 bits per heavy atom. The zero-order valence-electron chi connectivity index (χ0n) is 5.91. The normalized spacial score (nSPS) is 7.67. The van der Waals surface area contributed by atoms with Gasteiger partial charge in [-0.25, -0.2) is 0 Å². The Morgan fingerprint density at radius 2 is 2.44 bits per heavy atom. The highest BCUT2D eigenvalue weighted by Crippen LogP contribution is 1.70. The van der Waals surface area contributed by atoms with Crippen LogP contribution in [0.15, 0.2) is 12.7 Å². The van der Waals surface area contributed by atoms with Crippen molar-refractivity contribution in [2.75, 3.05) is 13.1 Å². The molecule has 0 saturated heterocycles. The fourth-order valence-corrected chi connectivity index (χ4v) is 0.480. The van der Waals surface area contributed by atoms with Crippen LogP contribution in [0.5, 0.6) is 0 Å². The molecular weight excluding hydrogens is 110 g/mol. The number of nitrogens with one attached hydrogen (secondary N) is 1. The molecule has 0 saturated carbocycles. The maximum Gasteiger partial charge on any atom is 0.0214 e. The van der Waals surface area contributed by atoms with E-state index in [2.05, 4.69) is 23.7 Å². The van der Waals surface area contributed by atoms with Crippen LogP contribution in [0.4, 0.5) is 0 Å². The molecule has 0 heterocycles. The van der Waals surface area contributed by atoms with E-state index < -0.39 is 0 Å². The zero-order valence-corrected chi connectivity index (χ0v) is 5.91. The fraction of sp³-hybridized carbons (Fsp3) is 0.500. The number of hydrogen-bond donors (Lipinski definition) is 1. The molecule has 0 bridgehead atoms. The lowest BCUT2D eigenvalue weighted by Crippen LogP contribution is -2.13. The van der Waals surface area contributed by atoms with E-state index >= 15 is 0 Å². The molecule has 50 valence electrons. The van der Waals surface area contributed by atoms with Crippen LogP contribution in [0.1, 0.15) is 13.3 Å². The van der Waals surface area contributed by atoms with E-state index in [0.29, 0.717) is 0 Å². The minimum Gasteiger partial charge on any atom is -0.312 e. The van der Waals surface area contributed by atoms with Gasteiger partial charge in [-0.1, -0.05) is 6.08 Å². The van der Waals surface area contributed by atoms with Crippen LogP contribution < -0.4 is 5.32 Å². The van der Waals surface area contributed by atoms with Crippen LogP contribution in [-0.4, -0.2) is 13.1 Å². The molecule has 0 spiro atoms. The first-order chi connectivity index (χ1) is 4.41. The molecule has 0 aliphatic carbocycles. The van der Waals surface area contributed by atoms with Crippen LogP contribution >= 0.6 is 0 Å². The molecule has 0 aliphatic rings. The molecule has 1 heteroatoms. The van der Waals surface area contributed by atoms with Gasteiger partial charge in [0.1, 0.15) is 0 Å². The first kappa shape index (κ1) is 8.26. The van der Waals surface area contributed by atoms with Gasteiger partial charge in [-0.05, 0) is 6.92 Å². The Bertz CT molecular complexity index is 116. The average Bonchev–Trinajstić information content (AvgIpc) is 1.89. The van der Waals surface area contributed by atoms with E-state index in [1.807, 2.05) is 13.0 Å². The Morgan fingerprint density at radius 1 is 1.67 bits per heavy atom.